The quantitative estimate of drug-likeness (QED) is 0.760. The molecule has 2 aliphatic rings. The molecule has 0 aromatic heterocycles. The molecule has 118 valence electrons. The Labute approximate surface area is 126 Å². The summed E-state index contributed by atoms with van der Waals surface area (Å²) in [4.78, 5) is 2.81. The zero-order chi connectivity index (χ0) is 14.8. The normalized spacial score (nSPS) is 30.1. The molecule has 2 nitrogen and oxygen atoms in total. The summed E-state index contributed by atoms with van der Waals surface area (Å²) in [7, 11) is 0. The molecule has 2 aliphatic carbocycles. The molecule has 0 aromatic rings. The highest BCUT2D eigenvalue weighted by molar-refractivity contribution is 4.93. The monoisotopic (exact) mass is 280 g/mol. The second kappa shape index (κ2) is 6.79. The van der Waals surface area contributed by atoms with Crippen molar-refractivity contribution in [3.05, 3.63) is 0 Å². The molecule has 0 aromatic carbocycles. The smallest absolute Gasteiger partial charge is 0.0108 e. The maximum absolute atomic E-state index is 3.76. The fourth-order valence-corrected chi connectivity index (χ4v) is 4.04. The Balaban J connectivity index is 1.97. The number of hydrogen-bond donors (Lipinski definition) is 1. The van der Waals surface area contributed by atoms with E-state index in [-0.39, 0.29) is 0 Å². The third-order valence-electron chi connectivity index (χ3n) is 5.11. The van der Waals surface area contributed by atoms with Crippen LogP contribution in [0.1, 0.15) is 66.7 Å². The van der Waals surface area contributed by atoms with Crippen LogP contribution < -0.4 is 5.32 Å². The predicted molar refractivity (Wildman–Crippen MR) is 88.0 cm³/mol. The molecule has 0 spiro atoms. The Morgan fingerprint density at radius 1 is 1.20 bits per heavy atom. The van der Waals surface area contributed by atoms with Gasteiger partial charge >= 0.3 is 0 Å². The van der Waals surface area contributed by atoms with E-state index in [2.05, 4.69) is 44.8 Å². The summed E-state index contributed by atoms with van der Waals surface area (Å²) in [6, 6.07) is 1.66. The summed E-state index contributed by atoms with van der Waals surface area (Å²) in [5.41, 5.74) is 0.545. The van der Waals surface area contributed by atoms with Crippen molar-refractivity contribution < 1.29 is 0 Å². The standard InChI is InChI=1S/C18H36N2/c1-6-19-17-9-10-18(4,5)11-15(17)13-20(12-14(2)3)16-7-8-16/h14-17,19H,6-13H2,1-5H3. The fraction of sp³-hybridized carbons (Fsp3) is 1.00. The zero-order valence-electron chi connectivity index (χ0n) is 14.4. The van der Waals surface area contributed by atoms with Crippen molar-refractivity contribution in [2.45, 2.75) is 78.8 Å². The van der Waals surface area contributed by atoms with Crippen LogP contribution in [-0.4, -0.2) is 36.6 Å². The van der Waals surface area contributed by atoms with Gasteiger partial charge in [-0.1, -0.05) is 34.6 Å². The van der Waals surface area contributed by atoms with Gasteiger partial charge in [0.2, 0.25) is 0 Å². The van der Waals surface area contributed by atoms with Gasteiger partial charge in [0.25, 0.3) is 0 Å². The van der Waals surface area contributed by atoms with Gasteiger partial charge in [0.05, 0.1) is 0 Å². The fourth-order valence-electron chi connectivity index (χ4n) is 4.04. The highest BCUT2D eigenvalue weighted by Crippen LogP contribution is 2.40. The SMILES string of the molecule is CCNC1CCC(C)(C)CC1CN(CC(C)C)C1CC1. The molecule has 0 aliphatic heterocycles. The summed E-state index contributed by atoms with van der Waals surface area (Å²) in [5.74, 6) is 1.64. The number of nitrogens with zero attached hydrogens (tertiary/aromatic N) is 1. The van der Waals surface area contributed by atoms with Crippen LogP contribution in [0, 0.1) is 17.3 Å². The lowest BCUT2D eigenvalue weighted by atomic mass is 9.69. The minimum absolute atomic E-state index is 0.545. The first-order chi connectivity index (χ1) is 9.41. The van der Waals surface area contributed by atoms with Gasteiger partial charge in [0, 0.05) is 25.2 Å². The van der Waals surface area contributed by atoms with Crippen LogP contribution in [0.5, 0.6) is 0 Å². The number of rotatable bonds is 7. The van der Waals surface area contributed by atoms with Crippen molar-refractivity contribution in [1.29, 1.82) is 0 Å². The second-order valence-corrected chi connectivity index (χ2v) is 8.41. The molecule has 2 fully saturated rings. The van der Waals surface area contributed by atoms with Crippen molar-refractivity contribution >= 4 is 0 Å². The summed E-state index contributed by atoms with van der Waals surface area (Å²) >= 11 is 0. The van der Waals surface area contributed by atoms with Gasteiger partial charge in [0.1, 0.15) is 0 Å². The molecule has 2 heteroatoms. The van der Waals surface area contributed by atoms with Crippen LogP contribution in [-0.2, 0) is 0 Å². The lowest BCUT2D eigenvalue weighted by Crippen LogP contribution is -2.48. The Bertz CT molecular complexity index is 294. The molecule has 2 saturated carbocycles. The van der Waals surface area contributed by atoms with Crippen molar-refractivity contribution in [3.8, 4) is 0 Å². The molecule has 0 amide bonds. The summed E-state index contributed by atoms with van der Waals surface area (Å²) in [5, 5.41) is 3.76. The number of hydrogen-bond acceptors (Lipinski definition) is 2. The first kappa shape index (κ1) is 16.3. The minimum atomic E-state index is 0.545. The molecule has 2 unspecified atom stereocenters. The Morgan fingerprint density at radius 2 is 1.90 bits per heavy atom. The second-order valence-electron chi connectivity index (χ2n) is 8.41. The van der Waals surface area contributed by atoms with E-state index in [1.54, 1.807) is 0 Å². The minimum Gasteiger partial charge on any atom is -0.314 e. The molecule has 0 saturated heterocycles. The van der Waals surface area contributed by atoms with E-state index in [0.717, 1.165) is 30.5 Å². The highest BCUT2D eigenvalue weighted by atomic mass is 15.2. The van der Waals surface area contributed by atoms with Crippen LogP contribution in [0.15, 0.2) is 0 Å². The van der Waals surface area contributed by atoms with E-state index in [1.807, 2.05) is 0 Å². The van der Waals surface area contributed by atoms with Gasteiger partial charge in [-0.25, -0.2) is 0 Å². The third-order valence-corrected chi connectivity index (χ3v) is 5.11. The molecule has 2 atom stereocenters. The van der Waals surface area contributed by atoms with Crippen LogP contribution in [0.3, 0.4) is 0 Å². The Hall–Kier alpha value is -0.0800. The molecule has 0 radical (unpaired) electrons. The molecule has 1 N–H and O–H groups in total. The van der Waals surface area contributed by atoms with Gasteiger partial charge in [-0.3, -0.25) is 4.90 Å². The molecule has 20 heavy (non-hydrogen) atoms. The van der Waals surface area contributed by atoms with E-state index in [4.69, 9.17) is 0 Å². The summed E-state index contributed by atoms with van der Waals surface area (Å²) in [6.45, 7) is 15.6. The van der Waals surface area contributed by atoms with E-state index in [9.17, 15) is 0 Å². The molecule has 2 rings (SSSR count). The van der Waals surface area contributed by atoms with Gasteiger partial charge in [-0.05, 0) is 55.9 Å². The number of nitrogens with one attached hydrogen (secondary N) is 1. The van der Waals surface area contributed by atoms with Crippen LogP contribution in [0.2, 0.25) is 0 Å². The van der Waals surface area contributed by atoms with Crippen molar-refractivity contribution in [1.82, 2.24) is 10.2 Å². The Morgan fingerprint density at radius 3 is 2.45 bits per heavy atom. The summed E-state index contributed by atoms with van der Waals surface area (Å²) < 4.78 is 0. The van der Waals surface area contributed by atoms with Crippen molar-refractivity contribution in [3.63, 3.8) is 0 Å². The van der Waals surface area contributed by atoms with Crippen LogP contribution >= 0.6 is 0 Å². The van der Waals surface area contributed by atoms with E-state index < -0.39 is 0 Å². The first-order valence-electron chi connectivity index (χ1n) is 8.88. The average Bonchev–Trinajstić information content (AvgIpc) is 3.15. The van der Waals surface area contributed by atoms with Crippen LogP contribution in [0.25, 0.3) is 0 Å². The molecular weight excluding hydrogens is 244 g/mol. The van der Waals surface area contributed by atoms with Gasteiger partial charge in [-0.15, -0.1) is 0 Å². The van der Waals surface area contributed by atoms with Crippen LogP contribution in [0.4, 0.5) is 0 Å². The van der Waals surface area contributed by atoms with E-state index >= 15 is 0 Å². The first-order valence-corrected chi connectivity index (χ1v) is 8.88. The largest absolute Gasteiger partial charge is 0.314 e. The van der Waals surface area contributed by atoms with E-state index in [1.165, 1.54) is 45.2 Å². The molecule has 0 heterocycles. The molecule has 0 bridgehead atoms. The van der Waals surface area contributed by atoms with Gasteiger partial charge in [0.15, 0.2) is 0 Å². The highest BCUT2D eigenvalue weighted by Gasteiger charge is 2.38. The lowest BCUT2D eigenvalue weighted by molar-refractivity contribution is 0.0923. The maximum atomic E-state index is 3.76. The average molecular weight is 281 g/mol. The maximum Gasteiger partial charge on any atom is 0.0108 e. The molecular formula is C18H36N2. The summed E-state index contributed by atoms with van der Waals surface area (Å²) in [6.07, 6.45) is 7.02. The van der Waals surface area contributed by atoms with Gasteiger partial charge < -0.3 is 5.32 Å². The lowest BCUT2D eigenvalue weighted by Gasteiger charge is -2.43. The van der Waals surface area contributed by atoms with Crippen molar-refractivity contribution in [2.75, 3.05) is 19.6 Å². The predicted octanol–water partition coefficient (Wildman–Crippen LogP) is 3.91. The topological polar surface area (TPSA) is 15.3 Å². The third kappa shape index (κ3) is 4.73. The Kier molecular flexibility index (Phi) is 5.53. The van der Waals surface area contributed by atoms with Gasteiger partial charge in [-0.2, -0.15) is 0 Å². The van der Waals surface area contributed by atoms with Crippen molar-refractivity contribution in [2.24, 2.45) is 17.3 Å². The zero-order valence-corrected chi connectivity index (χ0v) is 14.4. The van der Waals surface area contributed by atoms with E-state index in [0.29, 0.717) is 5.41 Å².